The number of methoxy groups -OCH3 is 1. The number of carbonyl (C=O) groups excluding carboxylic acids is 1. The highest BCUT2D eigenvalue weighted by Crippen LogP contribution is 2.46. The van der Waals surface area contributed by atoms with E-state index < -0.39 is 0 Å². The predicted molar refractivity (Wildman–Crippen MR) is 107 cm³/mol. The lowest BCUT2D eigenvalue weighted by molar-refractivity contribution is -0.148. The number of rotatable bonds is 9. The number of ether oxygens (including phenoxy) is 2. The van der Waals surface area contributed by atoms with Crippen LogP contribution in [0.2, 0.25) is 0 Å². The smallest absolute Gasteiger partial charge is 0.302 e. The summed E-state index contributed by atoms with van der Waals surface area (Å²) in [6, 6.07) is 0. The van der Waals surface area contributed by atoms with Gasteiger partial charge in [0.05, 0.1) is 6.10 Å². The van der Waals surface area contributed by atoms with Crippen molar-refractivity contribution in [2.24, 2.45) is 23.7 Å². The third kappa shape index (κ3) is 6.25. The van der Waals surface area contributed by atoms with Gasteiger partial charge in [-0.25, -0.2) is 0 Å². The molecule has 3 nitrogen and oxygen atoms in total. The predicted octanol–water partition coefficient (Wildman–Crippen LogP) is 6.15. The minimum Gasteiger partial charge on any atom is -0.463 e. The Morgan fingerprint density at radius 3 is 1.88 bits per heavy atom. The number of unbranched alkanes of at least 4 members (excludes halogenated alkanes) is 1. The Bertz CT molecular complexity index is 392. The zero-order valence-electron chi connectivity index (χ0n) is 17.7. The maximum Gasteiger partial charge on any atom is 0.302 e. The summed E-state index contributed by atoms with van der Waals surface area (Å²) in [5.74, 6) is 3.32. The first-order valence-electron chi connectivity index (χ1n) is 11.3. The third-order valence-electron chi connectivity index (χ3n) is 7.19. The van der Waals surface area contributed by atoms with Gasteiger partial charge in [0, 0.05) is 14.0 Å². The SMILES string of the molecule is CCCCC(CC)C(C1CCC(OC)CC1)C1CCC(OC(C)=O)CC1. The Labute approximate surface area is 161 Å². The Morgan fingerprint density at radius 2 is 1.46 bits per heavy atom. The van der Waals surface area contributed by atoms with Crippen molar-refractivity contribution in [2.75, 3.05) is 7.11 Å². The first-order valence-corrected chi connectivity index (χ1v) is 11.3. The maximum absolute atomic E-state index is 11.3. The van der Waals surface area contributed by atoms with E-state index in [0.29, 0.717) is 6.10 Å². The molecular formula is C23H42O3. The quantitative estimate of drug-likeness (QED) is 0.459. The van der Waals surface area contributed by atoms with Gasteiger partial charge < -0.3 is 9.47 Å². The highest BCUT2D eigenvalue weighted by Gasteiger charge is 2.38. The molecule has 0 heterocycles. The molecule has 3 heteroatoms. The van der Waals surface area contributed by atoms with Crippen molar-refractivity contribution in [2.45, 2.75) is 110 Å². The highest BCUT2D eigenvalue weighted by molar-refractivity contribution is 5.66. The lowest BCUT2D eigenvalue weighted by Crippen LogP contribution is -2.37. The average Bonchev–Trinajstić information content (AvgIpc) is 2.66. The Balaban J connectivity index is 2.02. The van der Waals surface area contributed by atoms with Crippen LogP contribution in [0.5, 0.6) is 0 Å². The van der Waals surface area contributed by atoms with E-state index in [1.54, 1.807) is 6.92 Å². The van der Waals surface area contributed by atoms with Gasteiger partial charge in [0.25, 0.3) is 0 Å². The van der Waals surface area contributed by atoms with Gasteiger partial charge in [-0.05, 0) is 75.0 Å². The molecule has 2 aliphatic rings. The lowest BCUT2D eigenvalue weighted by atomic mass is 9.63. The van der Waals surface area contributed by atoms with Gasteiger partial charge in [-0.1, -0.05) is 39.5 Å². The first-order chi connectivity index (χ1) is 12.6. The minimum atomic E-state index is -0.114. The van der Waals surface area contributed by atoms with Crippen LogP contribution in [0.25, 0.3) is 0 Å². The molecular weight excluding hydrogens is 324 g/mol. The molecule has 26 heavy (non-hydrogen) atoms. The van der Waals surface area contributed by atoms with E-state index in [0.717, 1.165) is 36.5 Å². The Morgan fingerprint density at radius 1 is 0.923 bits per heavy atom. The van der Waals surface area contributed by atoms with Gasteiger partial charge >= 0.3 is 5.97 Å². The molecule has 0 radical (unpaired) electrons. The molecule has 2 aliphatic carbocycles. The van der Waals surface area contributed by atoms with Crippen molar-refractivity contribution in [1.82, 2.24) is 0 Å². The van der Waals surface area contributed by atoms with Gasteiger partial charge in [-0.15, -0.1) is 0 Å². The van der Waals surface area contributed by atoms with E-state index >= 15 is 0 Å². The fourth-order valence-electron chi connectivity index (χ4n) is 5.83. The Kier molecular flexibility index (Phi) is 9.45. The van der Waals surface area contributed by atoms with E-state index in [-0.39, 0.29) is 12.1 Å². The van der Waals surface area contributed by atoms with Crippen molar-refractivity contribution in [3.8, 4) is 0 Å². The first kappa shape index (κ1) is 21.7. The molecule has 0 aromatic carbocycles. The molecule has 0 N–H and O–H groups in total. The second-order valence-electron chi connectivity index (χ2n) is 8.81. The second kappa shape index (κ2) is 11.3. The van der Waals surface area contributed by atoms with Crippen LogP contribution in [0.3, 0.4) is 0 Å². The van der Waals surface area contributed by atoms with Crippen LogP contribution in [0, 0.1) is 23.7 Å². The summed E-state index contributed by atoms with van der Waals surface area (Å²) >= 11 is 0. The van der Waals surface area contributed by atoms with Crippen LogP contribution in [-0.4, -0.2) is 25.3 Å². The van der Waals surface area contributed by atoms with Crippen LogP contribution in [0.15, 0.2) is 0 Å². The highest BCUT2D eigenvalue weighted by atomic mass is 16.5. The summed E-state index contributed by atoms with van der Waals surface area (Å²) in [5.41, 5.74) is 0. The van der Waals surface area contributed by atoms with Crippen LogP contribution < -0.4 is 0 Å². The van der Waals surface area contributed by atoms with Gasteiger partial charge in [-0.2, -0.15) is 0 Å². The normalized spacial score (nSPS) is 32.0. The number of hydrogen-bond acceptors (Lipinski definition) is 3. The topological polar surface area (TPSA) is 35.5 Å². The zero-order chi connectivity index (χ0) is 18.9. The summed E-state index contributed by atoms with van der Waals surface area (Å²) in [4.78, 5) is 11.3. The molecule has 152 valence electrons. The van der Waals surface area contributed by atoms with Crippen molar-refractivity contribution >= 4 is 5.97 Å². The Hall–Kier alpha value is -0.570. The molecule has 0 aromatic rings. The molecule has 0 aliphatic heterocycles. The summed E-state index contributed by atoms with van der Waals surface area (Å²) in [7, 11) is 1.87. The molecule has 2 rings (SSSR count). The second-order valence-corrected chi connectivity index (χ2v) is 8.81. The monoisotopic (exact) mass is 366 g/mol. The third-order valence-corrected chi connectivity index (χ3v) is 7.19. The molecule has 0 spiro atoms. The minimum absolute atomic E-state index is 0.114. The van der Waals surface area contributed by atoms with Gasteiger partial charge in [0.15, 0.2) is 0 Å². The molecule has 2 unspecified atom stereocenters. The molecule has 0 aromatic heterocycles. The maximum atomic E-state index is 11.3. The van der Waals surface area contributed by atoms with Crippen molar-refractivity contribution in [3.05, 3.63) is 0 Å². The summed E-state index contributed by atoms with van der Waals surface area (Å²) in [6.07, 6.45) is 15.8. The zero-order valence-corrected chi connectivity index (χ0v) is 17.7. The molecule has 2 atom stereocenters. The standard InChI is InChI=1S/C23H42O3/c1-5-7-8-18(6-2)23(19-9-13-21(25-4)14-10-19)20-11-15-22(16-12-20)26-17(3)24/h18-23H,5-16H2,1-4H3. The molecule has 2 fully saturated rings. The van der Waals surface area contributed by atoms with Crippen LogP contribution >= 0.6 is 0 Å². The summed E-state index contributed by atoms with van der Waals surface area (Å²) < 4.78 is 11.1. The molecule has 2 saturated carbocycles. The summed E-state index contributed by atoms with van der Waals surface area (Å²) in [5, 5.41) is 0. The van der Waals surface area contributed by atoms with Gasteiger partial charge in [0.2, 0.25) is 0 Å². The number of hydrogen-bond donors (Lipinski definition) is 0. The number of esters is 1. The number of carbonyl (C=O) groups is 1. The van der Waals surface area contributed by atoms with Crippen molar-refractivity contribution < 1.29 is 14.3 Å². The van der Waals surface area contributed by atoms with Crippen LogP contribution in [-0.2, 0) is 14.3 Å². The fraction of sp³-hybridized carbons (Fsp3) is 0.957. The average molecular weight is 367 g/mol. The van der Waals surface area contributed by atoms with Crippen molar-refractivity contribution in [3.63, 3.8) is 0 Å². The van der Waals surface area contributed by atoms with Crippen molar-refractivity contribution in [1.29, 1.82) is 0 Å². The van der Waals surface area contributed by atoms with Gasteiger partial charge in [0.1, 0.15) is 6.10 Å². The fourth-order valence-corrected chi connectivity index (χ4v) is 5.83. The largest absolute Gasteiger partial charge is 0.463 e. The van der Waals surface area contributed by atoms with E-state index in [1.165, 1.54) is 64.2 Å². The van der Waals surface area contributed by atoms with E-state index in [4.69, 9.17) is 9.47 Å². The van der Waals surface area contributed by atoms with Crippen LogP contribution in [0.1, 0.15) is 97.8 Å². The summed E-state index contributed by atoms with van der Waals surface area (Å²) in [6.45, 7) is 6.26. The van der Waals surface area contributed by atoms with E-state index in [2.05, 4.69) is 13.8 Å². The lowest BCUT2D eigenvalue weighted by Gasteiger charge is -2.44. The molecule has 0 saturated heterocycles. The molecule has 0 amide bonds. The van der Waals surface area contributed by atoms with Crippen LogP contribution in [0.4, 0.5) is 0 Å². The van der Waals surface area contributed by atoms with E-state index in [9.17, 15) is 4.79 Å². The van der Waals surface area contributed by atoms with E-state index in [1.807, 2.05) is 7.11 Å². The van der Waals surface area contributed by atoms with Gasteiger partial charge in [-0.3, -0.25) is 4.79 Å². The molecule has 0 bridgehead atoms.